The number of nitrogens with one attached hydrogen (secondary N) is 2. The van der Waals surface area contributed by atoms with E-state index in [9.17, 15) is 0 Å². The Morgan fingerprint density at radius 1 is 1.00 bits per heavy atom. The number of nitrogens with two attached hydrogens (primary N) is 1. The van der Waals surface area contributed by atoms with Crippen LogP contribution in [0, 0.1) is 0 Å². The van der Waals surface area contributed by atoms with Gasteiger partial charge in [0.2, 0.25) is 0 Å². The topological polar surface area (TPSA) is 94.3 Å². The fourth-order valence-corrected chi connectivity index (χ4v) is 2.42. The first-order valence-corrected chi connectivity index (χ1v) is 8.48. The summed E-state index contributed by atoms with van der Waals surface area (Å²) in [4.78, 5) is 8.43. The zero-order chi connectivity index (χ0) is 18.1. The molecule has 0 aliphatic carbocycles. The van der Waals surface area contributed by atoms with Crippen molar-refractivity contribution in [2.75, 3.05) is 43.7 Å². The second kappa shape index (κ2) is 9.56. The minimum atomic E-state index is 0.547. The Balaban J connectivity index is 1.94. The number of ether oxygens (including phenoxy) is 2. The average Bonchev–Trinajstić information content (AvgIpc) is 2.64. The number of unbranched alkanes of at least 4 members (excludes halogenated alkanes) is 1. The van der Waals surface area contributed by atoms with Crippen molar-refractivity contribution in [2.24, 2.45) is 0 Å². The maximum atomic E-state index is 6.14. The van der Waals surface area contributed by atoms with E-state index in [4.69, 9.17) is 15.2 Å². The largest absolute Gasteiger partial charge is 0.493 e. The molecular weight excluding hydrogens is 318 g/mol. The van der Waals surface area contributed by atoms with Crippen molar-refractivity contribution < 1.29 is 9.47 Å². The van der Waals surface area contributed by atoms with Gasteiger partial charge in [0.05, 0.1) is 14.2 Å². The van der Waals surface area contributed by atoms with Gasteiger partial charge in [-0.25, -0.2) is 9.97 Å². The molecule has 2 aromatic rings. The monoisotopic (exact) mass is 345 g/mol. The lowest BCUT2D eigenvalue weighted by Gasteiger charge is -2.13. The summed E-state index contributed by atoms with van der Waals surface area (Å²) in [5, 5.41) is 6.51. The van der Waals surface area contributed by atoms with Gasteiger partial charge in [0.15, 0.2) is 23.1 Å². The molecule has 7 nitrogen and oxygen atoms in total. The van der Waals surface area contributed by atoms with Gasteiger partial charge in [0.1, 0.15) is 12.0 Å². The Morgan fingerprint density at radius 2 is 1.68 bits per heavy atom. The first-order chi connectivity index (χ1) is 12.2. The average molecular weight is 345 g/mol. The highest BCUT2D eigenvalue weighted by molar-refractivity contribution is 5.73. The maximum Gasteiger partial charge on any atom is 0.160 e. The van der Waals surface area contributed by atoms with E-state index in [1.54, 1.807) is 14.2 Å². The zero-order valence-electron chi connectivity index (χ0n) is 15.1. The summed E-state index contributed by atoms with van der Waals surface area (Å²) < 4.78 is 10.6. The molecule has 7 heteroatoms. The highest BCUT2D eigenvalue weighted by Crippen LogP contribution is 2.28. The maximum absolute atomic E-state index is 6.14. The zero-order valence-corrected chi connectivity index (χ0v) is 15.1. The van der Waals surface area contributed by atoms with E-state index in [-0.39, 0.29) is 0 Å². The number of rotatable bonds is 10. The summed E-state index contributed by atoms with van der Waals surface area (Å²) in [5.41, 5.74) is 7.83. The Bertz CT molecular complexity index is 679. The molecule has 0 atom stereocenters. The van der Waals surface area contributed by atoms with Crippen molar-refractivity contribution in [3.63, 3.8) is 0 Å². The molecule has 25 heavy (non-hydrogen) atoms. The summed E-state index contributed by atoms with van der Waals surface area (Å²) in [6.45, 7) is 3.69. The van der Waals surface area contributed by atoms with Crippen LogP contribution in [0.5, 0.6) is 11.5 Å². The quantitative estimate of drug-likeness (QED) is 0.570. The molecule has 0 spiro atoms. The highest BCUT2D eigenvalue weighted by atomic mass is 16.5. The van der Waals surface area contributed by atoms with Crippen LogP contribution >= 0.6 is 0 Å². The molecule has 0 saturated heterocycles. The molecule has 0 amide bonds. The van der Waals surface area contributed by atoms with E-state index in [2.05, 4.69) is 27.5 Å². The van der Waals surface area contributed by atoms with Gasteiger partial charge >= 0.3 is 0 Å². The number of hydrogen-bond acceptors (Lipinski definition) is 7. The van der Waals surface area contributed by atoms with E-state index >= 15 is 0 Å². The Hall–Kier alpha value is -2.70. The molecule has 1 aromatic heterocycles. The second-order valence-electron chi connectivity index (χ2n) is 5.63. The lowest BCUT2D eigenvalue weighted by atomic mass is 10.1. The number of benzene rings is 1. The Kier molecular flexibility index (Phi) is 7.13. The smallest absolute Gasteiger partial charge is 0.160 e. The Morgan fingerprint density at radius 3 is 2.32 bits per heavy atom. The van der Waals surface area contributed by atoms with Crippen LogP contribution in [0.1, 0.15) is 25.3 Å². The number of anilines is 3. The number of hydrogen-bond donors (Lipinski definition) is 3. The van der Waals surface area contributed by atoms with Crippen LogP contribution in [0.25, 0.3) is 0 Å². The molecular formula is C18H27N5O2. The molecule has 0 aliphatic heterocycles. The van der Waals surface area contributed by atoms with E-state index in [1.165, 1.54) is 6.33 Å². The van der Waals surface area contributed by atoms with Crippen LogP contribution in [0.3, 0.4) is 0 Å². The molecule has 2 rings (SSSR count). The van der Waals surface area contributed by atoms with E-state index in [0.717, 1.165) is 42.9 Å². The SMILES string of the molecule is CCCCNc1ncnc(NCCc2ccc(OC)c(OC)c2)c1N. The predicted octanol–water partition coefficient (Wildman–Crippen LogP) is 2.94. The summed E-state index contributed by atoms with van der Waals surface area (Å²) in [6, 6.07) is 5.90. The standard InChI is InChI=1S/C18H27N5O2/c1-4-5-9-20-17-16(19)18(23-12-22-17)21-10-8-13-6-7-14(24-2)15(11-13)25-3/h6-7,11-12H,4-5,8-10,19H2,1-3H3,(H2,20,21,22,23). The van der Waals surface area contributed by atoms with Gasteiger partial charge in [0, 0.05) is 13.1 Å². The molecule has 0 bridgehead atoms. The first-order valence-electron chi connectivity index (χ1n) is 8.48. The summed E-state index contributed by atoms with van der Waals surface area (Å²) >= 11 is 0. The predicted molar refractivity (Wildman–Crippen MR) is 102 cm³/mol. The van der Waals surface area contributed by atoms with Crippen molar-refractivity contribution in [3.8, 4) is 11.5 Å². The molecule has 0 fully saturated rings. The van der Waals surface area contributed by atoms with Crippen molar-refractivity contribution in [1.29, 1.82) is 0 Å². The van der Waals surface area contributed by atoms with Crippen molar-refractivity contribution in [2.45, 2.75) is 26.2 Å². The third-order valence-electron chi connectivity index (χ3n) is 3.86. The van der Waals surface area contributed by atoms with Crippen LogP contribution in [-0.4, -0.2) is 37.3 Å². The van der Waals surface area contributed by atoms with Crippen LogP contribution in [0.15, 0.2) is 24.5 Å². The van der Waals surface area contributed by atoms with Crippen LogP contribution < -0.4 is 25.8 Å². The normalized spacial score (nSPS) is 10.4. The van der Waals surface area contributed by atoms with Crippen LogP contribution in [-0.2, 0) is 6.42 Å². The number of aromatic nitrogens is 2. The second-order valence-corrected chi connectivity index (χ2v) is 5.63. The fourth-order valence-electron chi connectivity index (χ4n) is 2.42. The van der Waals surface area contributed by atoms with Gasteiger partial charge in [-0.05, 0) is 30.5 Å². The van der Waals surface area contributed by atoms with Gasteiger partial charge in [0.25, 0.3) is 0 Å². The molecule has 0 radical (unpaired) electrons. The van der Waals surface area contributed by atoms with Crippen molar-refractivity contribution >= 4 is 17.3 Å². The minimum absolute atomic E-state index is 0.547. The van der Waals surface area contributed by atoms with Gasteiger partial charge in [-0.1, -0.05) is 19.4 Å². The third-order valence-corrected chi connectivity index (χ3v) is 3.86. The molecule has 136 valence electrons. The molecule has 0 saturated carbocycles. The number of nitrogen functional groups attached to an aromatic ring is 1. The minimum Gasteiger partial charge on any atom is -0.493 e. The van der Waals surface area contributed by atoms with Crippen LogP contribution in [0.4, 0.5) is 17.3 Å². The van der Waals surface area contributed by atoms with E-state index in [1.807, 2.05) is 18.2 Å². The highest BCUT2D eigenvalue weighted by Gasteiger charge is 2.08. The number of methoxy groups -OCH3 is 2. The summed E-state index contributed by atoms with van der Waals surface area (Å²) in [5.74, 6) is 2.78. The molecule has 4 N–H and O–H groups in total. The Labute approximate surface area is 149 Å². The van der Waals surface area contributed by atoms with Crippen molar-refractivity contribution in [3.05, 3.63) is 30.1 Å². The van der Waals surface area contributed by atoms with E-state index < -0.39 is 0 Å². The van der Waals surface area contributed by atoms with Gasteiger partial charge in [-0.15, -0.1) is 0 Å². The van der Waals surface area contributed by atoms with Crippen molar-refractivity contribution in [1.82, 2.24) is 9.97 Å². The fraction of sp³-hybridized carbons (Fsp3) is 0.444. The van der Waals surface area contributed by atoms with Gasteiger partial charge in [-0.3, -0.25) is 0 Å². The third kappa shape index (κ3) is 5.14. The van der Waals surface area contributed by atoms with Gasteiger partial charge < -0.3 is 25.8 Å². The lowest BCUT2D eigenvalue weighted by molar-refractivity contribution is 0.354. The van der Waals surface area contributed by atoms with Crippen LogP contribution in [0.2, 0.25) is 0 Å². The summed E-state index contributed by atoms with van der Waals surface area (Å²) in [6.07, 6.45) is 4.52. The molecule has 1 heterocycles. The molecule has 0 unspecified atom stereocenters. The van der Waals surface area contributed by atoms with Gasteiger partial charge in [-0.2, -0.15) is 0 Å². The summed E-state index contributed by atoms with van der Waals surface area (Å²) in [7, 11) is 3.26. The molecule has 0 aliphatic rings. The lowest BCUT2D eigenvalue weighted by Crippen LogP contribution is -2.12. The first kappa shape index (κ1) is 18.6. The number of nitrogens with zero attached hydrogens (tertiary/aromatic N) is 2. The molecule has 1 aromatic carbocycles. The van der Waals surface area contributed by atoms with E-state index in [0.29, 0.717) is 23.9 Å².